The molecule has 798 valence electrons. The monoisotopic (exact) mass is 2160 g/mol. The number of β-amino-alcohol motifs (C(OH)–C–C–N with tert-alkyl or cyclic N) is 3. The third kappa shape index (κ3) is 30.2. The van der Waals surface area contributed by atoms with Gasteiger partial charge < -0.3 is 53.4 Å². The first kappa shape index (κ1) is 111. The number of halogens is 11. The predicted octanol–water partition coefficient (Wildman–Crippen LogP) is 17.4. The molecule has 8 aromatic heterocycles. The van der Waals surface area contributed by atoms with Gasteiger partial charge >= 0.3 is 12.4 Å². The van der Waals surface area contributed by atoms with Crippen LogP contribution in [0.2, 0.25) is 20.1 Å². The first-order chi connectivity index (χ1) is 70.8. The van der Waals surface area contributed by atoms with E-state index >= 15 is 4.39 Å². The van der Waals surface area contributed by atoms with Crippen molar-refractivity contribution < 1.29 is 64.1 Å². The van der Waals surface area contributed by atoms with Gasteiger partial charge in [0.1, 0.15) is 21.7 Å². The molecule has 0 radical (unpaired) electrons. The topological polar surface area (TPSA) is 475 Å². The van der Waals surface area contributed by atoms with Crippen molar-refractivity contribution in [2.24, 2.45) is 11.5 Å². The number of nitrogens with zero attached hydrogens (tertiary/aromatic N) is 17. The van der Waals surface area contributed by atoms with Crippen LogP contribution in [0, 0.1) is 68.1 Å². The maximum Gasteiger partial charge on any atom is 0.416 e. The number of hydrogen-bond donors (Lipinski definition) is 14. The highest BCUT2D eigenvalue weighted by atomic mass is 35.5. The van der Waals surface area contributed by atoms with Crippen molar-refractivity contribution >= 4 is 126 Å². The second kappa shape index (κ2) is 49.1. The molecule has 6 fully saturated rings. The van der Waals surface area contributed by atoms with Gasteiger partial charge in [-0.2, -0.15) is 56.7 Å². The maximum atomic E-state index is 15.0. The van der Waals surface area contributed by atoms with Crippen molar-refractivity contribution in [3.8, 4) is 0 Å². The number of rotatable bonds is 32. The number of amides is 2. The molecule has 4 atom stereocenters. The summed E-state index contributed by atoms with van der Waals surface area (Å²) in [7, 11) is -3.35. The van der Waals surface area contributed by atoms with Crippen LogP contribution in [-0.4, -0.2) is 255 Å². The van der Waals surface area contributed by atoms with Crippen LogP contribution in [0.3, 0.4) is 0 Å². The Labute approximate surface area is 879 Å². The van der Waals surface area contributed by atoms with Crippen molar-refractivity contribution in [3.05, 3.63) is 242 Å². The quantitative estimate of drug-likeness (QED) is 0.0174. The number of aliphatic hydroxyl groups excluding tert-OH is 3. The molecule has 5 saturated heterocycles. The number of alkyl halides is 6. The molecule has 0 spiro atoms. The number of carbonyl (C=O) groups is 2. The standard InChI is InChI=1S/C29H40ClN7O4S.C27H33ClN6O.C24H29ClF3N7O.C22H23ClF4N8O/c1-18-12-25(32-29-31-15-24(30)26(33-29)14-22-13-20(3)34-35-22)19(2)11-23(18)21-5-8-37(9-6-21)42(40,41)10-4-7-36-16-27(38)28(39)17-36;1-16-10-22(18-5-7-34(8-6-18)15-26(29)35)17(2)9-20(16)11-27-30-14-23(28)25(31-27)13-21-12-24(33-32-21)19-3-4-19;1-13-9-18(30-23-29-11-17(25)22(32-23)31-21-10-15(3)33-34-21)14(2)8-16(13)19-6-4-5-7-35(19)12-20(36)24(26,27)28;1-11-6-19(34-33-11)31-20-15(23)9-29-21(32-20)30-17-8-14(22(25,26)27)13(7-16(17)24)12-2-4-35(5-3-12)10-18(28)36/h11-13,15,21,27-28,38-39H,4-10,14,16-17H2,1-3H3,(H,34,35)(H,31,32,33);9-10,12,14,18-19H,3-8,11,13,15H2,1-2H3,(H2,29,35)(H,32,33);8-11,19-20,36H,4-7,12H2,1-3H3,(H3,29,30,31,32,33,34);6-9,12H,2-5,10H2,1H3,(H2,28,36)(H3,29,30,31,32,33,34)/t27-,28-;;19?,20-;/m1.0./s1. The molecule has 2 amide bonds. The third-order valence-electron chi connectivity index (χ3n) is 27.7. The lowest BCUT2D eigenvalue weighted by Gasteiger charge is -2.38. The summed E-state index contributed by atoms with van der Waals surface area (Å²) in [5, 5.41) is 74.1. The summed E-state index contributed by atoms with van der Waals surface area (Å²) in [5.74, 6) is 2.27. The van der Waals surface area contributed by atoms with Gasteiger partial charge in [0, 0.05) is 116 Å². The number of primary amides is 2. The molecular weight excluding hydrogens is 2040 g/mol. The van der Waals surface area contributed by atoms with E-state index in [0.717, 1.165) is 155 Å². The SMILES string of the molecule is Cc1cc(C2CCN(CC(N)=O)CC2)c(C)cc1Cc1ncc(Cl)c(Cc2cc(C3CC3)n[nH]2)n1.Cc1cc(Cc2nc(Nc3cc(C)c(C4CCN(S(=O)(=O)CCCN5C[C@@H](O)[C@H](O)C5)CC4)cc3C)ncc2Cl)n[nH]1.Cc1cc(Nc2nc(Nc3cc(C(F)(F)F)c(C4CCN(CC(N)=O)CC4)cc3F)ncc2Cl)n[nH]1.Cc1cc(Nc2nc(Nc3cc(C)c(C4CCCCN4C[C@H](O)C(F)(F)F)cc3C)ncc2Cl)n[nH]1. The van der Waals surface area contributed by atoms with Gasteiger partial charge in [0.2, 0.25) is 39.7 Å². The van der Waals surface area contributed by atoms with E-state index < -0.39 is 76.1 Å². The number of likely N-dealkylation sites (tertiary alicyclic amines) is 4. The van der Waals surface area contributed by atoms with Crippen LogP contribution in [0.1, 0.15) is 225 Å². The molecule has 4 aromatic carbocycles. The number of aromatic nitrogens is 16. The minimum atomic E-state index is -4.71. The van der Waals surface area contributed by atoms with Gasteiger partial charge in [-0.25, -0.2) is 47.0 Å². The van der Waals surface area contributed by atoms with Crippen LogP contribution in [0.4, 0.5) is 88.9 Å². The van der Waals surface area contributed by atoms with Gasteiger partial charge in [-0.1, -0.05) is 77.1 Å². The Morgan fingerprint density at radius 2 is 0.973 bits per heavy atom. The number of nitrogens with two attached hydrogens (primary N) is 2. The van der Waals surface area contributed by atoms with E-state index in [9.17, 15) is 59.7 Å². The van der Waals surface area contributed by atoms with Crippen LogP contribution >= 0.6 is 46.4 Å². The zero-order valence-electron chi connectivity index (χ0n) is 84.2. The van der Waals surface area contributed by atoms with Gasteiger partial charge in [0.25, 0.3) is 0 Å². The maximum absolute atomic E-state index is 15.0. The second-order valence-electron chi connectivity index (χ2n) is 39.4. The fraction of sp³-hybridized carbons (Fsp3) is 0.471. The first-order valence-electron chi connectivity index (χ1n) is 49.6. The Morgan fingerprint density at radius 3 is 1.50 bits per heavy atom. The molecule has 5 aliphatic heterocycles. The second-order valence-corrected chi connectivity index (χ2v) is 43.2. The molecule has 16 N–H and O–H groups in total. The normalized spacial score (nSPS) is 17.8. The molecule has 1 saturated carbocycles. The number of anilines is 10. The Balaban J connectivity index is 0.000000149. The van der Waals surface area contributed by atoms with Gasteiger partial charge in [-0.15, -0.1) is 0 Å². The zero-order valence-corrected chi connectivity index (χ0v) is 88.0. The van der Waals surface area contributed by atoms with Crippen LogP contribution < -0.4 is 38.1 Å². The number of H-pyrrole nitrogens is 4. The molecule has 1 aliphatic carbocycles. The van der Waals surface area contributed by atoms with Gasteiger partial charge in [0.05, 0.1) is 93.7 Å². The summed E-state index contributed by atoms with van der Waals surface area (Å²) >= 11 is 25.2. The Hall–Kier alpha value is -11.7. The molecule has 12 aromatic rings. The van der Waals surface area contributed by atoms with Gasteiger partial charge in [0.15, 0.2) is 29.4 Å². The Morgan fingerprint density at radius 1 is 0.483 bits per heavy atom. The van der Waals surface area contributed by atoms with E-state index in [2.05, 4.69) is 158 Å². The lowest BCUT2D eigenvalue weighted by Crippen LogP contribution is -2.44. The van der Waals surface area contributed by atoms with Crippen LogP contribution in [0.25, 0.3) is 0 Å². The number of aryl methyl sites for hydroxylation is 9. The van der Waals surface area contributed by atoms with Crippen molar-refractivity contribution in [1.29, 1.82) is 0 Å². The number of aromatic amines is 4. The number of sulfonamides is 1. The lowest BCUT2D eigenvalue weighted by molar-refractivity contribution is -0.210. The summed E-state index contributed by atoms with van der Waals surface area (Å²) in [5.41, 5.74) is 29.4. The lowest BCUT2D eigenvalue weighted by atomic mass is 9.84. The highest BCUT2D eigenvalue weighted by molar-refractivity contribution is 7.89. The molecule has 1 unspecified atom stereocenters. The van der Waals surface area contributed by atoms with Crippen LogP contribution in [0.5, 0.6) is 0 Å². The van der Waals surface area contributed by atoms with Gasteiger partial charge in [-0.3, -0.25) is 49.6 Å². The highest BCUT2D eigenvalue weighted by Crippen LogP contribution is 2.45. The largest absolute Gasteiger partial charge is 0.416 e. The highest BCUT2D eigenvalue weighted by Gasteiger charge is 2.43. The summed E-state index contributed by atoms with van der Waals surface area (Å²) in [4.78, 5) is 65.1. The number of piperidine rings is 4. The van der Waals surface area contributed by atoms with Crippen LogP contribution in [0.15, 0.2) is 97.6 Å². The summed E-state index contributed by atoms with van der Waals surface area (Å²) in [6, 6.07) is 21.9. The molecule has 0 bridgehead atoms. The molecule has 35 nitrogen and oxygen atoms in total. The predicted molar refractivity (Wildman–Crippen MR) is 559 cm³/mol. The number of aliphatic hydroxyl groups is 3. The fourth-order valence-corrected chi connectivity index (χ4v) is 21.8. The molecule has 6 aliphatic rings. The van der Waals surface area contributed by atoms with E-state index in [1.165, 1.54) is 53.1 Å². The Bertz CT molecular complexity index is 6800. The third-order valence-corrected chi connectivity index (χ3v) is 30.9. The average molecular weight is 2160 g/mol. The smallest absolute Gasteiger partial charge is 0.389 e. The van der Waals surface area contributed by atoms with Crippen molar-refractivity contribution in [2.75, 3.05) is 117 Å². The van der Waals surface area contributed by atoms with E-state index in [1.54, 1.807) is 39.5 Å². The van der Waals surface area contributed by atoms with Crippen molar-refractivity contribution in [2.45, 2.75) is 219 Å². The number of carbonyl (C=O) groups excluding carboxylic acids is 2. The number of hydrogen-bond acceptors (Lipinski definition) is 28. The summed E-state index contributed by atoms with van der Waals surface area (Å²) < 4.78 is 124. The van der Waals surface area contributed by atoms with Crippen molar-refractivity contribution in [3.63, 3.8) is 0 Å². The van der Waals surface area contributed by atoms with Crippen LogP contribution in [-0.2, 0) is 45.1 Å². The minimum Gasteiger partial charge on any atom is -0.389 e. The fourth-order valence-electron chi connectivity index (χ4n) is 19.7. The zero-order chi connectivity index (χ0) is 107. The van der Waals surface area contributed by atoms with E-state index in [1.807, 2.05) is 63.8 Å². The minimum absolute atomic E-state index is 0.0355. The molecule has 149 heavy (non-hydrogen) atoms. The van der Waals surface area contributed by atoms with Gasteiger partial charge in [-0.05, 0) is 288 Å². The average Bonchev–Trinajstić information content (AvgIpc) is 1.57. The molecule has 47 heteroatoms. The van der Waals surface area contributed by atoms with E-state index in [-0.39, 0.29) is 52.5 Å². The summed E-state index contributed by atoms with van der Waals surface area (Å²) in [6.07, 6.45) is 4.34. The Kier molecular flexibility index (Phi) is 36.7. The number of benzene rings is 4. The number of nitrogens with one attached hydrogen (secondary N) is 9. The molecule has 18 rings (SSSR count). The summed E-state index contributed by atoms with van der Waals surface area (Å²) in [6.45, 7) is 23.4. The van der Waals surface area contributed by atoms with Crippen molar-refractivity contribution in [1.82, 2.24) is 105 Å². The van der Waals surface area contributed by atoms with E-state index in [4.69, 9.17) is 62.9 Å². The first-order valence-corrected chi connectivity index (χ1v) is 52.8. The molecular formula is C102H125Cl4F7N28O7S. The molecule has 13 heterocycles. The van der Waals surface area contributed by atoms with E-state index in [0.29, 0.717) is 159 Å².